The number of aromatic nitrogens is 6. The molecule has 0 radical (unpaired) electrons. The predicted molar refractivity (Wildman–Crippen MR) is 69.7 cm³/mol. The second kappa shape index (κ2) is 4.89. The van der Waals surface area contributed by atoms with E-state index in [0.29, 0.717) is 0 Å². The largest absolute Gasteiger partial charge is 0.379 e. The summed E-state index contributed by atoms with van der Waals surface area (Å²) in [7, 11) is 1.97. The van der Waals surface area contributed by atoms with Crippen molar-refractivity contribution in [1.29, 1.82) is 0 Å². The van der Waals surface area contributed by atoms with Gasteiger partial charge in [0.15, 0.2) is 0 Å². The van der Waals surface area contributed by atoms with Crippen molar-refractivity contribution in [3.8, 4) is 5.69 Å². The van der Waals surface area contributed by atoms with Crippen molar-refractivity contribution in [2.24, 2.45) is 7.05 Å². The molecule has 1 N–H and O–H groups in total. The molecule has 0 bridgehead atoms. The Morgan fingerprint density at radius 1 is 1.26 bits per heavy atom. The topological polar surface area (TPSA) is 73.5 Å². The Labute approximate surface area is 109 Å². The first-order valence-electron chi connectivity index (χ1n) is 5.85. The average molecular weight is 255 g/mol. The predicted octanol–water partition coefficient (Wildman–Crippen LogP) is 1.01. The van der Waals surface area contributed by atoms with Crippen molar-refractivity contribution < 1.29 is 0 Å². The lowest BCUT2D eigenvalue weighted by molar-refractivity contribution is 0.789. The minimum Gasteiger partial charge on any atom is -0.379 e. The fraction of sp³-hybridized carbons (Fsp3) is 0.167. The third kappa shape index (κ3) is 2.44. The standard InChI is InChI=1S/C12H13N7/c1-18-8-13-6-12(18)7-14-10-3-2-4-11(5-10)19-9-15-16-17-19/h2-6,8-9,14H,7H2,1H3. The molecule has 0 amide bonds. The van der Waals surface area contributed by atoms with Gasteiger partial charge in [0.25, 0.3) is 0 Å². The monoisotopic (exact) mass is 255 g/mol. The Kier molecular flexibility index (Phi) is 2.93. The van der Waals surface area contributed by atoms with Gasteiger partial charge in [-0.15, -0.1) is 5.10 Å². The van der Waals surface area contributed by atoms with Gasteiger partial charge in [-0.2, -0.15) is 0 Å². The first-order chi connectivity index (χ1) is 9.33. The van der Waals surface area contributed by atoms with Crippen LogP contribution in [-0.2, 0) is 13.6 Å². The summed E-state index contributed by atoms with van der Waals surface area (Å²) in [5, 5.41) is 14.5. The van der Waals surface area contributed by atoms with Crippen LogP contribution in [0.25, 0.3) is 5.69 Å². The Bertz CT molecular complexity index is 656. The van der Waals surface area contributed by atoms with Gasteiger partial charge in [0, 0.05) is 18.9 Å². The summed E-state index contributed by atoms with van der Waals surface area (Å²) in [6.07, 6.45) is 5.20. The molecule has 7 nitrogen and oxygen atoms in total. The van der Waals surface area contributed by atoms with E-state index in [1.165, 1.54) is 0 Å². The number of anilines is 1. The molecule has 1 aromatic carbocycles. The highest BCUT2D eigenvalue weighted by molar-refractivity contribution is 5.50. The van der Waals surface area contributed by atoms with Crippen molar-refractivity contribution in [2.45, 2.75) is 6.54 Å². The van der Waals surface area contributed by atoms with Crippen molar-refractivity contribution in [3.63, 3.8) is 0 Å². The SMILES string of the molecule is Cn1cncc1CNc1cccc(-n2cnnn2)c1. The molecule has 3 rings (SSSR count). The zero-order valence-corrected chi connectivity index (χ0v) is 10.4. The van der Waals surface area contributed by atoms with Crippen molar-refractivity contribution in [1.82, 2.24) is 29.8 Å². The molecule has 0 saturated heterocycles. The number of tetrazole rings is 1. The van der Waals surface area contributed by atoms with Crippen LogP contribution < -0.4 is 5.32 Å². The summed E-state index contributed by atoms with van der Waals surface area (Å²) in [6, 6.07) is 7.91. The molecule has 0 saturated carbocycles. The third-order valence-corrected chi connectivity index (χ3v) is 2.85. The normalized spacial score (nSPS) is 10.6. The minimum atomic E-state index is 0.718. The quantitative estimate of drug-likeness (QED) is 0.753. The smallest absolute Gasteiger partial charge is 0.143 e. The lowest BCUT2D eigenvalue weighted by Gasteiger charge is -2.08. The van der Waals surface area contributed by atoms with E-state index >= 15 is 0 Å². The van der Waals surface area contributed by atoms with Crippen LogP contribution in [0.5, 0.6) is 0 Å². The van der Waals surface area contributed by atoms with Gasteiger partial charge in [-0.25, -0.2) is 9.67 Å². The van der Waals surface area contributed by atoms with Crippen LogP contribution in [0.2, 0.25) is 0 Å². The minimum absolute atomic E-state index is 0.718. The number of hydrogen-bond acceptors (Lipinski definition) is 5. The maximum atomic E-state index is 4.08. The van der Waals surface area contributed by atoms with Gasteiger partial charge in [0.2, 0.25) is 0 Å². The lowest BCUT2D eigenvalue weighted by atomic mass is 10.2. The number of hydrogen-bond donors (Lipinski definition) is 1. The van der Waals surface area contributed by atoms with Gasteiger partial charge in [-0.3, -0.25) is 0 Å². The summed E-state index contributed by atoms with van der Waals surface area (Å²) in [6.45, 7) is 0.718. The Morgan fingerprint density at radius 3 is 2.95 bits per heavy atom. The zero-order chi connectivity index (χ0) is 13.1. The van der Waals surface area contributed by atoms with E-state index in [1.807, 2.05) is 42.1 Å². The molecule has 0 aliphatic carbocycles. The van der Waals surface area contributed by atoms with E-state index in [-0.39, 0.29) is 0 Å². The molecule has 2 aromatic heterocycles. The van der Waals surface area contributed by atoms with Crippen molar-refractivity contribution >= 4 is 5.69 Å². The Balaban J connectivity index is 1.75. The molecular weight excluding hydrogens is 242 g/mol. The molecule has 19 heavy (non-hydrogen) atoms. The second-order valence-corrected chi connectivity index (χ2v) is 4.15. The molecular formula is C12H13N7. The fourth-order valence-corrected chi connectivity index (χ4v) is 1.79. The molecule has 0 atom stereocenters. The van der Waals surface area contributed by atoms with Gasteiger partial charge in [0.05, 0.1) is 24.3 Å². The van der Waals surface area contributed by atoms with Crippen molar-refractivity contribution in [3.05, 3.63) is 48.8 Å². The van der Waals surface area contributed by atoms with Crippen LogP contribution in [0.3, 0.4) is 0 Å². The van der Waals surface area contributed by atoms with E-state index in [2.05, 4.69) is 25.8 Å². The van der Waals surface area contributed by atoms with Gasteiger partial charge in [-0.05, 0) is 28.6 Å². The van der Waals surface area contributed by atoms with Gasteiger partial charge in [0.1, 0.15) is 6.33 Å². The van der Waals surface area contributed by atoms with E-state index in [1.54, 1.807) is 17.3 Å². The summed E-state index contributed by atoms with van der Waals surface area (Å²) < 4.78 is 3.60. The molecule has 96 valence electrons. The molecule has 0 unspecified atom stereocenters. The van der Waals surface area contributed by atoms with Crippen LogP contribution in [0.4, 0.5) is 5.69 Å². The summed E-state index contributed by atoms with van der Waals surface area (Å²) in [5.74, 6) is 0. The first-order valence-corrected chi connectivity index (χ1v) is 5.85. The number of nitrogens with zero attached hydrogens (tertiary/aromatic N) is 6. The first kappa shape index (κ1) is 11.4. The highest BCUT2D eigenvalue weighted by Crippen LogP contribution is 2.14. The molecule has 0 spiro atoms. The highest BCUT2D eigenvalue weighted by Gasteiger charge is 2.01. The maximum absolute atomic E-state index is 4.08. The van der Waals surface area contributed by atoms with Crippen LogP contribution in [0, 0.1) is 0 Å². The molecule has 2 heterocycles. The number of aryl methyl sites for hydroxylation is 1. The Morgan fingerprint density at radius 2 is 2.21 bits per heavy atom. The van der Waals surface area contributed by atoms with Crippen LogP contribution in [0.1, 0.15) is 5.69 Å². The average Bonchev–Trinajstić information content (AvgIpc) is 3.08. The van der Waals surface area contributed by atoms with E-state index < -0.39 is 0 Å². The second-order valence-electron chi connectivity index (χ2n) is 4.15. The highest BCUT2D eigenvalue weighted by atomic mass is 15.5. The van der Waals surface area contributed by atoms with E-state index in [9.17, 15) is 0 Å². The summed E-state index contributed by atoms with van der Waals surface area (Å²) in [4.78, 5) is 4.08. The third-order valence-electron chi connectivity index (χ3n) is 2.85. The number of imidazole rings is 1. The van der Waals surface area contributed by atoms with Gasteiger partial charge in [-0.1, -0.05) is 6.07 Å². The number of rotatable bonds is 4. The van der Waals surface area contributed by atoms with Crippen LogP contribution in [0.15, 0.2) is 43.1 Å². The summed E-state index contributed by atoms with van der Waals surface area (Å²) >= 11 is 0. The molecule has 7 heteroatoms. The van der Waals surface area contributed by atoms with E-state index in [4.69, 9.17) is 0 Å². The molecule has 3 aromatic rings. The molecule has 0 aliphatic heterocycles. The maximum Gasteiger partial charge on any atom is 0.143 e. The number of benzene rings is 1. The summed E-state index contributed by atoms with van der Waals surface area (Å²) in [5.41, 5.74) is 3.04. The van der Waals surface area contributed by atoms with Crippen molar-refractivity contribution in [2.75, 3.05) is 5.32 Å². The van der Waals surface area contributed by atoms with Gasteiger partial charge >= 0.3 is 0 Å². The van der Waals surface area contributed by atoms with Gasteiger partial charge < -0.3 is 9.88 Å². The zero-order valence-electron chi connectivity index (χ0n) is 10.4. The van der Waals surface area contributed by atoms with Crippen LogP contribution >= 0.6 is 0 Å². The molecule has 0 fully saturated rings. The Hall–Kier alpha value is -2.70. The number of nitrogens with one attached hydrogen (secondary N) is 1. The fourth-order valence-electron chi connectivity index (χ4n) is 1.79. The lowest BCUT2D eigenvalue weighted by Crippen LogP contribution is -2.04. The van der Waals surface area contributed by atoms with E-state index in [0.717, 1.165) is 23.6 Å². The molecule has 0 aliphatic rings. The van der Waals surface area contributed by atoms with Crippen LogP contribution in [-0.4, -0.2) is 29.8 Å².